The fourth-order valence-electron chi connectivity index (χ4n) is 2.43. The molecule has 1 aromatic carbocycles. The van der Waals surface area contributed by atoms with Gasteiger partial charge in [-0.15, -0.1) is 0 Å². The topological polar surface area (TPSA) is 29.5 Å². The Morgan fingerprint density at radius 2 is 2.00 bits per heavy atom. The molecule has 0 N–H and O–H groups in total. The van der Waals surface area contributed by atoms with Crippen LogP contribution in [0.15, 0.2) is 42.1 Å². The summed E-state index contributed by atoms with van der Waals surface area (Å²) < 4.78 is 4.72. The van der Waals surface area contributed by atoms with Crippen molar-refractivity contribution in [2.45, 2.75) is 26.3 Å². The molecular weight excluding hydrogens is 226 g/mol. The minimum atomic E-state index is -0.285. The van der Waals surface area contributed by atoms with Crippen LogP contribution in [-0.2, 0) is 9.53 Å². The number of carbonyl (C=O) groups excluding carboxylic acids is 1. The summed E-state index contributed by atoms with van der Waals surface area (Å²) in [6.45, 7) is 4.40. The lowest BCUT2D eigenvalue weighted by atomic mass is 10.0. The minimum absolute atomic E-state index is 0.285. The van der Waals surface area contributed by atoms with E-state index in [4.69, 9.17) is 4.74 Å². The summed E-state index contributed by atoms with van der Waals surface area (Å²) in [4.78, 5) is 13.7. The number of carbonyl (C=O) groups is 1. The molecule has 1 aromatic rings. The Labute approximate surface area is 108 Å². The molecule has 18 heavy (non-hydrogen) atoms. The Kier molecular flexibility index (Phi) is 3.70. The van der Waals surface area contributed by atoms with Gasteiger partial charge in [0.05, 0.1) is 7.11 Å². The van der Waals surface area contributed by atoms with Crippen molar-refractivity contribution in [1.29, 1.82) is 0 Å². The number of benzene rings is 1. The maximum absolute atomic E-state index is 11.4. The molecule has 2 atom stereocenters. The summed E-state index contributed by atoms with van der Waals surface area (Å²) in [5.74, 6) is 0.244. The molecule has 0 aliphatic carbocycles. The molecule has 96 valence electrons. The highest BCUT2D eigenvalue weighted by molar-refractivity contribution is 5.84. The van der Waals surface area contributed by atoms with Crippen LogP contribution in [0.5, 0.6) is 0 Å². The molecule has 1 heterocycles. The SMILES string of the molecule is COC(=O)/C=C1\C[C@@H](C)[C@@H](C)N1c1ccccc1. The maximum Gasteiger partial charge on any atom is 0.332 e. The van der Waals surface area contributed by atoms with Crippen LogP contribution in [0.3, 0.4) is 0 Å². The highest BCUT2D eigenvalue weighted by Crippen LogP contribution is 2.36. The van der Waals surface area contributed by atoms with Gasteiger partial charge >= 0.3 is 5.97 Å². The molecule has 3 nitrogen and oxygen atoms in total. The second-order valence-corrected chi connectivity index (χ2v) is 4.79. The zero-order valence-corrected chi connectivity index (χ0v) is 11.1. The molecule has 0 amide bonds. The second-order valence-electron chi connectivity index (χ2n) is 4.79. The number of ether oxygens (including phenoxy) is 1. The molecule has 2 rings (SSSR count). The van der Waals surface area contributed by atoms with Gasteiger partial charge in [-0.05, 0) is 31.4 Å². The van der Waals surface area contributed by atoms with Crippen LogP contribution in [0.4, 0.5) is 5.69 Å². The highest BCUT2D eigenvalue weighted by atomic mass is 16.5. The van der Waals surface area contributed by atoms with Crippen molar-refractivity contribution in [3.63, 3.8) is 0 Å². The van der Waals surface area contributed by atoms with Gasteiger partial charge in [0.2, 0.25) is 0 Å². The van der Waals surface area contributed by atoms with E-state index >= 15 is 0 Å². The van der Waals surface area contributed by atoms with E-state index < -0.39 is 0 Å². The lowest BCUT2D eigenvalue weighted by Crippen LogP contribution is -2.28. The van der Waals surface area contributed by atoms with E-state index in [0.717, 1.165) is 17.8 Å². The fourth-order valence-corrected chi connectivity index (χ4v) is 2.43. The van der Waals surface area contributed by atoms with Gasteiger partial charge in [-0.2, -0.15) is 0 Å². The zero-order chi connectivity index (χ0) is 13.1. The molecule has 0 spiro atoms. The Morgan fingerprint density at radius 1 is 1.33 bits per heavy atom. The van der Waals surface area contributed by atoms with Crippen LogP contribution in [0.2, 0.25) is 0 Å². The first-order chi connectivity index (χ1) is 8.63. The van der Waals surface area contributed by atoms with Crippen LogP contribution < -0.4 is 4.90 Å². The largest absolute Gasteiger partial charge is 0.466 e. The Morgan fingerprint density at radius 3 is 2.61 bits per heavy atom. The van der Waals surface area contributed by atoms with Gasteiger partial charge in [-0.1, -0.05) is 25.1 Å². The van der Waals surface area contributed by atoms with Crippen LogP contribution >= 0.6 is 0 Å². The fraction of sp³-hybridized carbons (Fsp3) is 0.400. The first-order valence-electron chi connectivity index (χ1n) is 6.26. The van der Waals surface area contributed by atoms with E-state index in [2.05, 4.69) is 30.9 Å². The predicted octanol–water partition coefficient (Wildman–Crippen LogP) is 2.98. The lowest BCUT2D eigenvalue weighted by molar-refractivity contribution is -0.134. The molecule has 0 unspecified atom stereocenters. The summed E-state index contributed by atoms with van der Waals surface area (Å²) in [7, 11) is 1.41. The molecule has 0 radical (unpaired) electrons. The predicted molar refractivity (Wildman–Crippen MR) is 72.3 cm³/mol. The zero-order valence-electron chi connectivity index (χ0n) is 11.1. The molecule has 3 heteroatoms. The number of rotatable bonds is 2. The summed E-state index contributed by atoms with van der Waals surface area (Å²) in [6, 6.07) is 10.6. The van der Waals surface area contributed by atoms with Gasteiger partial charge < -0.3 is 9.64 Å². The van der Waals surface area contributed by atoms with Crippen LogP contribution in [0.25, 0.3) is 0 Å². The highest BCUT2D eigenvalue weighted by Gasteiger charge is 2.32. The van der Waals surface area contributed by atoms with E-state index in [1.807, 2.05) is 18.2 Å². The summed E-state index contributed by atoms with van der Waals surface area (Å²) >= 11 is 0. The Hall–Kier alpha value is -1.77. The Bertz CT molecular complexity index is 453. The van der Waals surface area contributed by atoms with Crippen molar-refractivity contribution >= 4 is 11.7 Å². The molecule has 1 aliphatic heterocycles. The van der Waals surface area contributed by atoms with Crippen molar-refractivity contribution in [3.8, 4) is 0 Å². The van der Waals surface area contributed by atoms with Gasteiger partial charge in [-0.3, -0.25) is 0 Å². The standard InChI is InChI=1S/C15H19NO2/c1-11-9-14(10-15(17)18-3)16(12(11)2)13-7-5-4-6-8-13/h4-8,10-12H,9H2,1-3H3/b14-10+/t11-,12-/m1/s1. The van der Waals surface area contributed by atoms with E-state index in [1.165, 1.54) is 7.11 Å². The van der Waals surface area contributed by atoms with Crippen molar-refractivity contribution in [2.24, 2.45) is 5.92 Å². The number of nitrogens with zero attached hydrogens (tertiary/aromatic N) is 1. The molecule has 0 aromatic heterocycles. The summed E-state index contributed by atoms with van der Waals surface area (Å²) in [5.41, 5.74) is 2.16. The van der Waals surface area contributed by atoms with E-state index in [9.17, 15) is 4.79 Å². The number of para-hydroxylation sites is 1. The van der Waals surface area contributed by atoms with Crippen molar-refractivity contribution in [2.75, 3.05) is 12.0 Å². The number of esters is 1. The molecule has 1 fully saturated rings. The van der Waals surface area contributed by atoms with Crippen LogP contribution in [0, 0.1) is 5.92 Å². The van der Waals surface area contributed by atoms with Crippen molar-refractivity contribution in [3.05, 3.63) is 42.1 Å². The van der Waals surface area contributed by atoms with E-state index in [1.54, 1.807) is 6.08 Å². The number of hydrogen-bond acceptors (Lipinski definition) is 3. The van der Waals surface area contributed by atoms with Crippen molar-refractivity contribution in [1.82, 2.24) is 0 Å². The van der Waals surface area contributed by atoms with Gasteiger partial charge in [0.15, 0.2) is 0 Å². The van der Waals surface area contributed by atoms with E-state index in [0.29, 0.717) is 12.0 Å². The first kappa shape index (κ1) is 12.7. The first-order valence-corrected chi connectivity index (χ1v) is 6.26. The minimum Gasteiger partial charge on any atom is -0.466 e. The van der Waals surface area contributed by atoms with Crippen LogP contribution in [-0.4, -0.2) is 19.1 Å². The Balaban J connectivity index is 2.35. The van der Waals surface area contributed by atoms with Gasteiger partial charge in [0.1, 0.15) is 0 Å². The second kappa shape index (κ2) is 5.25. The molecular formula is C15H19NO2. The summed E-state index contributed by atoms with van der Waals surface area (Å²) in [6.07, 6.45) is 2.51. The average Bonchev–Trinajstić information content (AvgIpc) is 2.66. The number of allylic oxidation sites excluding steroid dienone is 1. The molecule has 1 saturated heterocycles. The number of methoxy groups -OCH3 is 1. The van der Waals surface area contributed by atoms with Gasteiger partial charge in [-0.25, -0.2) is 4.79 Å². The maximum atomic E-state index is 11.4. The van der Waals surface area contributed by atoms with Gasteiger partial charge in [0.25, 0.3) is 0 Å². The normalized spacial score (nSPS) is 25.5. The quantitative estimate of drug-likeness (QED) is 0.592. The smallest absolute Gasteiger partial charge is 0.332 e. The van der Waals surface area contributed by atoms with E-state index in [-0.39, 0.29) is 5.97 Å². The third-order valence-electron chi connectivity index (χ3n) is 3.59. The molecule has 1 aliphatic rings. The lowest BCUT2D eigenvalue weighted by Gasteiger charge is -2.26. The third kappa shape index (κ3) is 2.40. The monoisotopic (exact) mass is 245 g/mol. The van der Waals surface area contributed by atoms with Gasteiger partial charge in [0, 0.05) is 23.5 Å². The molecule has 0 bridgehead atoms. The molecule has 0 saturated carbocycles. The van der Waals surface area contributed by atoms with Crippen molar-refractivity contribution < 1.29 is 9.53 Å². The third-order valence-corrected chi connectivity index (χ3v) is 3.59. The summed E-state index contributed by atoms with van der Waals surface area (Å²) in [5, 5.41) is 0. The number of hydrogen-bond donors (Lipinski definition) is 0. The van der Waals surface area contributed by atoms with Crippen LogP contribution in [0.1, 0.15) is 20.3 Å². The average molecular weight is 245 g/mol. The number of anilines is 1.